The molecule has 2 aromatic carbocycles. The third-order valence-corrected chi connectivity index (χ3v) is 3.13. The minimum atomic E-state index is -0.492. The molecule has 2 N–H and O–H groups in total. The lowest BCUT2D eigenvalue weighted by Gasteiger charge is -2.15. The topological polar surface area (TPSA) is 35.2 Å². The van der Waals surface area contributed by atoms with Crippen LogP contribution in [-0.4, -0.2) is 0 Å². The first-order valence-electron chi connectivity index (χ1n) is 5.66. The average Bonchev–Trinajstić information content (AvgIpc) is 2.33. The van der Waals surface area contributed by atoms with Gasteiger partial charge in [-0.2, -0.15) is 0 Å². The van der Waals surface area contributed by atoms with Gasteiger partial charge in [-0.3, -0.25) is 0 Å². The Balaban J connectivity index is 2.44. The Morgan fingerprint density at radius 1 is 1.16 bits per heavy atom. The molecule has 0 heterocycles. The van der Waals surface area contributed by atoms with Crippen LogP contribution in [0.5, 0.6) is 11.5 Å². The summed E-state index contributed by atoms with van der Waals surface area (Å²) in [5.41, 5.74) is 6.06. The Labute approximate surface area is 120 Å². The minimum absolute atomic E-state index is 0.304. The van der Waals surface area contributed by atoms with E-state index in [4.69, 9.17) is 33.7 Å². The van der Waals surface area contributed by atoms with Gasteiger partial charge in [0.15, 0.2) is 0 Å². The lowest BCUT2D eigenvalue weighted by molar-refractivity contribution is 0.461. The van der Waals surface area contributed by atoms with Crippen molar-refractivity contribution < 1.29 is 9.13 Å². The van der Waals surface area contributed by atoms with E-state index in [1.807, 2.05) is 0 Å². The van der Waals surface area contributed by atoms with Crippen molar-refractivity contribution in [3.05, 3.63) is 57.8 Å². The quantitative estimate of drug-likeness (QED) is 0.871. The molecule has 2 aromatic rings. The number of benzene rings is 2. The van der Waals surface area contributed by atoms with E-state index in [1.165, 1.54) is 6.07 Å². The second-order valence-electron chi connectivity index (χ2n) is 4.12. The van der Waals surface area contributed by atoms with Gasteiger partial charge in [0.2, 0.25) is 0 Å². The van der Waals surface area contributed by atoms with E-state index >= 15 is 0 Å². The van der Waals surface area contributed by atoms with Gasteiger partial charge >= 0.3 is 0 Å². The number of rotatable bonds is 3. The molecule has 0 aliphatic rings. The van der Waals surface area contributed by atoms with Crippen molar-refractivity contribution in [2.75, 3.05) is 0 Å². The minimum Gasteiger partial charge on any atom is -0.455 e. The fourth-order valence-electron chi connectivity index (χ4n) is 1.72. The van der Waals surface area contributed by atoms with Crippen molar-refractivity contribution in [1.82, 2.24) is 0 Å². The second kappa shape index (κ2) is 5.78. The Morgan fingerprint density at radius 2 is 1.89 bits per heavy atom. The van der Waals surface area contributed by atoms with E-state index in [2.05, 4.69) is 0 Å². The summed E-state index contributed by atoms with van der Waals surface area (Å²) in [4.78, 5) is 0. The fraction of sp³-hybridized carbons (Fsp3) is 0.143. The lowest BCUT2D eigenvalue weighted by atomic mass is 10.1. The molecule has 5 heteroatoms. The normalized spacial score (nSPS) is 12.3. The third-order valence-electron chi connectivity index (χ3n) is 2.58. The van der Waals surface area contributed by atoms with Gasteiger partial charge in [-0.05, 0) is 31.2 Å². The third kappa shape index (κ3) is 3.18. The van der Waals surface area contributed by atoms with Gasteiger partial charge in [0.1, 0.15) is 17.3 Å². The zero-order chi connectivity index (χ0) is 14.0. The van der Waals surface area contributed by atoms with Crippen LogP contribution in [0.4, 0.5) is 4.39 Å². The first-order valence-corrected chi connectivity index (χ1v) is 6.41. The highest BCUT2D eigenvalue weighted by Crippen LogP contribution is 2.35. The largest absolute Gasteiger partial charge is 0.455 e. The Kier molecular flexibility index (Phi) is 4.30. The van der Waals surface area contributed by atoms with Gasteiger partial charge < -0.3 is 10.5 Å². The molecule has 0 radical (unpaired) electrons. The Hall–Kier alpha value is -1.29. The van der Waals surface area contributed by atoms with E-state index in [0.29, 0.717) is 27.1 Å². The molecule has 0 spiro atoms. The zero-order valence-electron chi connectivity index (χ0n) is 10.2. The summed E-state index contributed by atoms with van der Waals surface area (Å²) in [6.07, 6.45) is 0. The number of hydrogen-bond donors (Lipinski definition) is 1. The summed E-state index contributed by atoms with van der Waals surface area (Å²) in [6, 6.07) is 8.87. The highest BCUT2D eigenvalue weighted by Gasteiger charge is 2.15. The number of halogens is 3. The van der Waals surface area contributed by atoms with Crippen molar-refractivity contribution >= 4 is 23.2 Å². The van der Waals surface area contributed by atoms with Crippen LogP contribution in [0.25, 0.3) is 0 Å². The standard InChI is InChI=1S/C14H12Cl2FNO/c1-8(18)14-11(17)3-2-4-12(14)19-13-7-9(15)5-6-10(13)16/h2-8H,18H2,1H3/t8-/m1/s1. The van der Waals surface area contributed by atoms with Gasteiger partial charge in [-0.1, -0.05) is 29.3 Å². The first kappa shape index (κ1) is 14.1. The van der Waals surface area contributed by atoms with E-state index in [-0.39, 0.29) is 0 Å². The van der Waals surface area contributed by atoms with Crippen LogP contribution < -0.4 is 10.5 Å². The van der Waals surface area contributed by atoms with Crippen LogP contribution in [0.2, 0.25) is 10.0 Å². The molecule has 100 valence electrons. The summed E-state index contributed by atoms with van der Waals surface area (Å²) in [7, 11) is 0. The second-order valence-corrected chi connectivity index (χ2v) is 4.96. The van der Waals surface area contributed by atoms with Crippen molar-refractivity contribution in [1.29, 1.82) is 0 Å². The molecule has 0 saturated heterocycles. The van der Waals surface area contributed by atoms with Gasteiger partial charge in [-0.25, -0.2) is 4.39 Å². The molecule has 19 heavy (non-hydrogen) atoms. The molecule has 0 unspecified atom stereocenters. The molecule has 2 nitrogen and oxygen atoms in total. The van der Waals surface area contributed by atoms with Crippen molar-refractivity contribution in [2.45, 2.75) is 13.0 Å². The fourth-order valence-corrected chi connectivity index (χ4v) is 2.04. The maximum Gasteiger partial charge on any atom is 0.147 e. The molecule has 1 atom stereocenters. The van der Waals surface area contributed by atoms with Crippen LogP contribution in [0.1, 0.15) is 18.5 Å². The summed E-state index contributed by atoms with van der Waals surface area (Å²) < 4.78 is 19.4. The summed E-state index contributed by atoms with van der Waals surface area (Å²) in [5, 5.41) is 0.877. The van der Waals surface area contributed by atoms with Crippen molar-refractivity contribution in [3.8, 4) is 11.5 Å². The van der Waals surface area contributed by atoms with Gasteiger partial charge in [0.25, 0.3) is 0 Å². The molecule has 0 fully saturated rings. The average molecular weight is 300 g/mol. The van der Waals surface area contributed by atoms with Crippen molar-refractivity contribution in [3.63, 3.8) is 0 Å². The molecule has 2 rings (SSSR count). The highest BCUT2D eigenvalue weighted by atomic mass is 35.5. The molecular formula is C14H12Cl2FNO. The van der Waals surface area contributed by atoms with Crippen LogP contribution in [0.15, 0.2) is 36.4 Å². The number of nitrogens with two attached hydrogens (primary N) is 1. The molecule has 0 aliphatic heterocycles. The summed E-state index contributed by atoms with van der Waals surface area (Å²) in [6.45, 7) is 1.69. The predicted molar refractivity (Wildman–Crippen MR) is 75.5 cm³/mol. The molecule has 0 aromatic heterocycles. The maximum absolute atomic E-state index is 13.8. The first-order chi connectivity index (χ1) is 8.99. The van der Waals surface area contributed by atoms with Gasteiger partial charge in [-0.15, -0.1) is 0 Å². The van der Waals surface area contributed by atoms with E-state index in [9.17, 15) is 4.39 Å². The van der Waals surface area contributed by atoms with E-state index in [1.54, 1.807) is 37.3 Å². The predicted octanol–water partition coefficient (Wildman–Crippen LogP) is 4.94. The van der Waals surface area contributed by atoms with Crippen molar-refractivity contribution in [2.24, 2.45) is 5.73 Å². The van der Waals surface area contributed by atoms with E-state index in [0.717, 1.165) is 0 Å². The molecule has 0 aliphatic carbocycles. The van der Waals surface area contributed by atoms with Crippen LogP contribution in [-0.2, 0) is 0 Å². The van der Waals surface area contributed by atoms with Crippen LogP contribution in [0, 0.1) is 5.82 Å². The smallest absolute Gasteiger partial charge is 0.147 e. The van der Waals surface area contributed by atoms with Crippen LogP contribution in [0.3, 0.4) is 0 Å². The SMILES string of the molecule is C[C@@H](N)c1c(F)cccc1Oc1cc(Cl)ccc1Cl. The van der Waals surface area contributed by atoms with Crippen LogP contribution >= 0.6 is 23.2 Å². The van der Waals surface area contributed by atoms with Gasteiger partial charge in [0, 0.05) is 22.7 Å². The summed E-state index contributed by atoms with van der Waals surface area (Å²) >= 11 is 11.9. The summed E-state index contributed by atoms with van der Waals surface area (Å²) in [5.74, 6) is 0.284. The van der Waals surface area contributed by atoms with Gasteiger partial charge in [0.05, 0.1) is 5.02 Å². The Morgan fingerprint density at radius 3 is 2.58 bits per heavy atom. The zero-order valence-corrected chi connectivity index (χ0v) is 11.7. The molecular weight excluding hydrogens is 288 g/mol. The number of hydrogen-bond acceptors (Lipinski definition) is 2. The molecule has 0 bridgehead atoms. The maximum atomic E-state index is 13.8. The monoisotopic (exact) mass is 299 g/mol. The Bertz CT molecular complexity index is 602. The highest BCUT2D eigenvalue weighted by molar-refractivity contribution is 6.34. The lowest BCUT2D eigenvalue weighted by Crippen LogP contribution is -2.09. The number of ether oxygens (including phenoxy) is 1. The molecule has 0 amide bonds. The molecule has 0 saturated carbocycles. The van der Waals surface area contributed by atoms with E-state index < -0.39 is 11.9 Å².